The number of hydrogen-bond donors (Lipinski definition) is 1. The van der Waals surface area contributed by atoms with Crippen molar-refractivity contribution in [3.8, 4) is 28.7 Å². The van der Waals surface area contributed by atoms with Crippen LogP contribution in [0.4, 0.5) is 0 Å². The summed E-state index contributed by atoms with van der Waals surface area (Å²) in [4.78, 5) is 16.2. The quantitative estimate of drug-likeness (QED) is 0.526. The van der Waals surface area contributed by atoms with Gasteiger partial charge in [-0.25, -0.2) is 4.68 Å². The lowest BCUT2D eigenvalue weighted by Gasteiger charge is -2.13. The van der Waals surface area contributed by atoms with Gasteiger partial charge < -0.3 is 19.9 Å². The summed E-state index contributed by atoms with van der Waals surface area (Å²) in [5, 5.41) is 4.97. The molecule has 2 heterocycles. The van der Waals surface area contributed by atoms with E-state index in [0.717, 1.165) is 11.3 Å². The van der Waals surface area contributed by atoms with E-state index in [4.69, 9.17) is 19.9 Å². The van der Waals surface area contributed by atoms with Crippen LogP contribution in [0.5, 0.6) is 23.0 Å². The highest BCUT2D eigenvalue weighted by molar-refractivity contribution is 6.01. The van der Waals surface area contributed by atoms with Crippen molar-refractivity contribution in [2.24, 2.45) is 5.73 Å². The molecule has 0 radical (unpaired) electrons. The molecule has 0 saturated carbocycles. The van der Waals surface area contributed by atoms with Crippen molar-refractivity contribution in [2.45, 2.75) is 6.92 Å². The van der Waals surface area contributed by atoms with Crippen molar-refractivity contribution in [1.82, 2.24) is 14.8 Å². The van der Waals surface area contributed by atoms with Gasteiger partial charge in [0, 0.05) is 42.0 Å². The Balaban J connectivity index is 1.80. The monoisotopic (exact) mass is 404 g/mol. The number of nitrogens with zero attached hydrogens (tertiary/aromatic N) is 3. The zero-order chi connectivity index (χ0) is 21.3. The van der Waals surface area contributed by atoms with Gasteiger partial charge in [-0.2, -0.15) is 5.10 Å². The number of fused-ring (bicyclic) bond motifs is 1. The minimum atomic E-state index is -0.596. The number of nitrogens with two attached hydrogens (primary N) is 1. The van der Waals surface area contributed by atoms with Crippen LogP contribution in [-0.4, -0.2) is 34.9 Å². The molecule has 4 aromatic rings. The van der Waals surface area contributed by atoms with Gasteiger partial charge in [0.25, 0.3) is 5.91 Å². The second-order valence-electron chi connectivity index (χ2n) is 6.67. The van der Waals surface area contributed by atoms with Gasteiger partial charge in [-0.3, -0.25) is 9.78 Å². The van der Waals surface area contributed by atoms with E-state index in [0.29, 0.717) is 33.9 Å². The lowest BCUT2D eigenvalue weighted by molar-refractivity contribution is 0.0997. The Labute approximate surface area is 172 Å². The van der Waals surface area contributed by atoms with Gasteiger partial charge in [0.2, 0.25) is 0 Å². The first-order valence-electron chi connectivity index (χ1n) is 9.13. The van der Waals surface area contributed by atoms with Crippen molar-refractivity contribution in [2.75, 3.05) is 14.2 Å². The minimum absolute atomic E-state index is 0.251. The summed E-state index contributed by atoms with van der Waals surface area (Å²) in [6.07, 6.45) is 5.31. The number of benzene rings is 2. The number of primary amides is 1. The summed E-state index contributed by atoms with van der Waals surface area (Å²) in [5.41, 5.74) is 8.19. The largest absolute Gasteiger partial charge is 0.497 e. The van der Waals surface area contributed by atoms with E-state index in [1.807, 2.05) is 25.3 Å². The molecule has 2 aromatic carbocycles. The first-order chi connectivity index (χ1) is 14.5. The Morgan fingerprint density at radius 1 is 1.03 bits per heavy atom. The van der Waals surface area contributed by atoms with E-state index in [-0.39, 0.29) is 5.56 Å². The van der Waals surface area contributed by atoms with E-state index in [2.05, 4.69) is 10.1 Å². The highest BCUT2D eigenvalue weighted by Crippen LogP contribution is 2.35. The zero-order valence-corrected chi connectivity index (χ0v) is 16.7. The third kappa shape index (κ3) is 3.62. The molecule has 8 nitrogen and oxygen atoms in total. The molecule has 4 rings (SSSR count). The zero-order valence-electron chi connectivity index (χ0n) is 16.7. The van der Waals surface area contributed by atoms with E-state index >= 15 is 0 Å². The molecule has 8 heteroatoms. The number of aromatic nitrogens is 3. The van der Waals surface area contributed by atoms with Crippen LogP contribution < -0.4 is 19.9 Å². The third-order valence-electron chi connectivity index (χ3n) is 4.59. The summed E-state index contributed by atoms with van der Waals surface area (Å²) in [7, 11) is 3.06. The fourth-order valence-electron chi connectivity index (χ4n) is 3.15. The summed E-state index contributed by atoms with van der Waals surface area (Å²) in [6, 6.07) is 10.5. The molecule has 0 fully saturated rings. The number of aryl methyl sites for hydroxylation is 1. The van der Waals surface area contributed by atoms with E-state index in [1.54, 1.807) is 48.5 Å². The SMILES string of the molecule is COc1cc(Oc2ccnc3cc(OC)c(C(N)=O)cc23)cc(-n2cc(C)cn2)c1. The van der Waals surface area contributed by atoms with Gasteiger partial charge in [0.1, 0.15) is 23.0 Å². The third-order valence-corrected chi connectivity index (χ3v) is 4.59. The van der Waals surface area contributed by atoms with Crippen LogP contribution in [-0.2, 0) is 0 Å². The molecule has 0 unspecified atom stereocenters. The molecule has 0 bridgehead atoms. The topological polar surface area (TPSA) is 101 Å². The van der Waals surface area contributed by atoms with Crippen molar-refractivity contribution in [1.29, 1.82) is 0 Å². The maximum absolute atomic E-state index is 11.8. The van der Waals surface area contributed by atoms with Gasteiger partial charge in [-0.15, -0.1) is 0 Å². The Morgan fingerprint density at radius 2 is 1.83 bits per heavy atom. The highest BCUT2D eigenvalue weighted by Gasteiger charge is 2.15. The number of amides is 1. The Bertz CT molecular complexity index is 1250. The molecule has 30 heavy (non-hydrogen) atoms. The van der Waals surface area contributed by atoms with Gasteiger partial charge in [0.05, 0.1) is 37.2 Å². The molecular weight excluding hydrogens is 384 g/mol. The molecule has 1 amide bonds. The predicted octanol–water partition coefficient (Wildman–Crippen LogP) is 3.64. The number of ether oxygens (including phenoxy) is 3. The predicted molar refractivity (Wildman–Crippen MR) is 112 cm³/mol. The summed E-state index contributed by atoms with van der Waals surface area (Å²) in [5.74, 6) is 1.44. The molecule has 2 aromatic heterocycles. The first kappa shape index (κ1) is 19.3. The second-order valence-corrected chi connectivity index (χ2v) is 6.67. The minimum Gasteiger partial charge on any atom is -0.497 e. The maximum atomic E-state index is 11.8. The Kier molecular flexibility index (Phi) is 4.97. The molecule has 0 atom stereocenters. The first-order valence-corrected chi connectivity index (χ1v) is 9.13. The van der Waals surface area contributed by atoms with E-state index < -0.39 is 5.91 Å². The van der Waals surface area contributed by atoms with E-state index in [9.17, 15) is 4.79 Å². The number of hydrogen-bond acceptors (Lipinski definition) is 6. The summed E-state index contributed by atoms with van der Waals surface area (Å²) in [6.45, 7) is 1.97. The van der Waals surface area contributed by atoms with Crippen molar-refractivity contribution < 1.29 is 19.0 Å². The number of methoxy groups -OCH3 is 2. The smallest absolute Gasteiger partial charge is 0.252 e. The van der Waals surface area contributed by atoms with Crippen LogP contribution >= 0.6 is 0 Å². The molecule has 0 aliphatic rings. The van der Waals surface area contributed by atoms with Crippen molar-refractivity contribution in [3.63, 3.8) is 0 Å². The van der Waals surface area contributed by atoms with Gasteiger partial charge in [-0.05, 0) is 24.6 Å². The molecule has 0 aliphatic carbocycles. The fraction of sp³-hybridized carbons (Fsp3) is 0.136. The van der Waals surface area contributed by atoms with Gasteiger partial charge in [-0.1, -0.05) is 0 Å². The molecular formula is C22H20N4O4. The Hall–Kier alpha value is -4.07. The van der Waals surface area contributed by atoms with Gasteiger partial charge in [0.15, 0.2) is 0 Å². The number of rotatable bonds is 6. The van der Waals surface area contributed by atoms with Crippen LogP contribution in [0.3, 0.4) is 0 Å². The lowest BCUT2D eigenvalue weighted by Crippen LogP contribution is -2.12. The normalized spacial score (nSPS) is 10.8. The van der Waals surface area contributed by atoms with Crippen molar-refractivity contribution in [3.05, 3.63) is 66.1 Å². The van der Waals surface area contributed by atoms with Crippen LogP contribution in [0.2, 0.25) is 0 Å². The van der Waals surface area contributed by atoms with Crippen molar-refractivity contribution >= 4 is 16.8 Å². The average Bonchev–Trinajstić information content (AvgIpc) is 3.19. The average molecular weight is 404 g/mol. The molecule has 0 saturated heterocycles. The Morgan fingerprint density at radius 3 is 2.50 bits per heavy atom. The van der Waals surface area contributed by atoms with E-state index in [1.165, 1.54) is 7.11 Å². The summed E-state index contributed by atoms with van der Waals surface area (Å²) >= 11 is 0. The van der Waals surface area contributed by atoms with Crippen LogP contribution in [0, 0.1) is 6.92 Å². The molecule has 0 aliphatic heterocycles. The van der Waals surface area contributed by atoms with Crippen LogP contribution in [0.25, 0.3) is 16.6 Å². The number of pyridine rings is 1. The standard InChI is InChI=1S/C22H20N4O4/c1-13-11-25-26(12-13)14-6-15(28-2)8-16(7-14)30-20-4-5-24-19-10-21(29-3)18(22(23)27)9-17(19)20/h4-12H,1-3H3,(H2,23,27). The van der Waals surface area contributed by atoms with Gasteiger partial charge >= 0.3 is 0 Å². The second kappa shape index (κ2) is 7.75. The lowest BCUT2D eigenvalue weighted by atomic mass is 10.1. The molecule has 2 N–H and O–H groups in total. The van der Waals surface area contributed by atoms with Crippen LogP contribution in [0.15, 0.2) is 55.0 Å². The van der Waals surface area contributed by atoms with Crippen LogP contribution in [0.1, 0.15) is 15.9 Å². The number of carbonyl (C=O) groups excluding carboxylic acids is 1. The molecule has 0 spiro atoms. The fourth-order valence-corrected chi connectivity index (χ4v) is 3.15. The highest BCUT2D eigenvalue weighted by atomic mass is 16.5. The summed E-state index contributed by atoms with van der Waals surface area (Å²) < 4.78 is 18.6. The maximum Gasteiger partial charge on any atom is 0.252 e. The number of carbonyl (C=O) groups is 1. The molecule has 152 valence electrons.